The highest BCUT2D eigenvalue weighted by molar-refractivity contribution is 6.36. The van der Waals surface area contributed by atoms with Crippen LogP contribution in [0.15, 0.2) is 24.4 Å². The van der Waals surface area contributed by atoms with Gasteiger partial charge >= 0.3 is 5.97 Å². The number of hydrogen-bond donors (Lipinski definition) is 1. The number of ether oxygens (including phenoxy) is 1. The maximum absolute atomic E-state index is 11.0. The summed E-state index contributed by atoms with van der Waals surface area (Å²) in [7, 11) is 0. The van der Waals surface area contributed by atoms with Crippen LogP contribution in [-0.2, 0) is 0 Å². The molecule has 0 unspecified atom stereocenters. The van der Waals surface area contributed by atoms with Crippen LogP contribution in [0.5, 0.6) is 11.5 Å². The number of aromatic carboxylic acids is 1. The van der Waals surface area contributed by atoms with Crippen LogP contribution in [0.4, 0.5) is 0 Å². The Hall–Kier alpha value is -1.49. The molecule has 2 aromatic rings. The van der Waals surface area contributed by atoms with E-state index in [2.05, 4.69) is 4.98 Å². The third-order valence-corrected chi connectivity index (χ3v) is 4.20. The third-order valence-electron chi connectivity index (χ3n) is 3.29. The summed E-state index contributed by atoms with van der Waals surface area (Å²) >= 11 is 18.1. The molecule has 0 amide bonds. The van der Waals surface area contributed by atoms with Crippen molar-refractivity contribution in [3.05, 3.63) is 50.7 Å². The predicted octanol–water partition coefficient (Wildman–Crippen LogP) is 5.41. The van der Waals surface area contributed by atoms with Crippen LogP contribution < -0.4 is 4.74 Å². The molecule has 1 heterocycles. The van der Waals surface area contributed by atoms with Gasteiger partial charge in [-0.05, 0) is 18.9 Å². The Balaban J connectivity index is 1.88. The first-order valence-corrected chi connectivity index (χ1v) is 7.64. The molecule has 1 N–H and O–H groups in total. The Labute approximate surface area is 141 Å². The molecule has 3 rings (SSSR count). The molecule has 4 nitrogen and oxygen atoms in total. The van der Waals surface area contributed by atoms with Crippen LogP contribution in [0.2, 0.25) is 15.1 Å². The van der Waals surface area contributed by atoms with E-state index in [9.17, 15) is 4.79 Å². The zero-order valence-electron chi connectivity index (χ0n) is 11.1. The third kappa shape index (κ3) is 3.14. The Kier molecular flexibility index (Phi) is 4.17. The molecule has 22 heavy (non-hydrogen) atoms. The molecule has 7 heteroatoms. The van der Waals surface area contributed by atoms with Crippen LogP contribution in [0.3, 0.4) is 0 Å². The SMILES string of the molecule is O=C(O)c1cc(Cl)c(Oc2cnc(C3CC3)c(Cl)c2)cc1Cl. The number of benzene rings is 1. The smallest absolute Gasteiger partial charge is 0.337 e. The number of pyridine rings is 1. The fourth-order valence-corrected chi connectivity index (χ4v) is 2.79. The van der Waals surface area contributed by atoms with E-state index in [1.165, 1.54) is 12.1 Å². The van der Waals surface area contributed by atoms with Gasteiger partial charge in [-0.2, -0.15) is 0 Å². The average molecular weight is 359 g/mol. The Morgan fingerprint density at radius 3 is 2.45 bits per heavy atom. The Bertz CT molecular complexity index is 760. The van der Waals surface area contributed by atoms with Crippen molar-refractivity contribution < 1.29 is 14.6 Å². The maximum Gasteiger partial charge on any atom is 0.337 e. The number of nitrogens with zero attached hydrogens (tertiary/aromatic N) is 1. The average Bonchev–Trinajstić information content (AvgIpc) is 3.27. The lowest BCUT2D eigenvalue weighted by Gasteiger charge is -2.10. The Morgan fingerprint density at radius 1 is 1.14 bits per heavy atom. The maximum atomic E-state index is 11.0. The van der Waals surface area contributed by atoms with E-state index >= 15 is 0 Å². The van der Waals surface area contributed by atoms with Crippen molar-refractivity contribution in [1.82, 2.24) is 4.98 Å². The number of aromatic nitrogens is 1. The summed E-state index contributed by atoms with van der Waals surface area (Å²) in [5, 5.41) is 9.71. The highest BCUT2D eigenvalue weighted by Gasteiger charge is 2.27. The fraction of sp³-hybridized carbons (Fsp3) is 0.200. The molecule has 1 fully saturated rings. The van der Waals surface area contributed by atoms with Gasteiger partial charge in [0.2, 0.25) is 0 Å². The van der Waals surface area contributed by atoms with E-state index < -0.39 is 5.97 Å². The van der Waals surface area contributed by atoms with Crippen LogP contribution in [0.25, 0.3) is 0 Å². The van der Waals surface area contributed by atoms with E-state index in [0.29, 0.717) is 16.7 Å². The second kappa shape index (κ2) is 5.95. The summed E-state index contributed by atoms with van der Waals surface area (Å²) in [4.78, 5) is 15.3. The number of rotatable bonds is 4. The van der Waals surface area contributed by atoms with Crippen molar-refractivity contribution in [2.24, 2.45) is 0 Å². The molecule has 1 aliphatic carbocycles. The van der Waals surface area contributed by atoms with Crippen molar-refractivity contribution in [2.45, 2.75) is 18.8 Å². The molecule has 0 bridgehead atoms. The molecule has 1 aromatic carbocycles. The largest absolute Gasteiger partial charge is 0.478 e. The molecule has 0 atom stereocenters. The van der Waals surface area contributed by atoms with Gasteiger partial charge in [-0.15, -0.1) is 0 Å². The summed E-state index contributed by atoms with van der Waals surface area (Å²) < 4.78 is 5.60. The van der Waals surface area contributed by atoms with Gasteiger partial charge < -0.3 is 9.84 Å². The van der Waals surface area contributed by atoms with E-state index in [-0.39, 0.29) is 21.4 Å². The van der Waals surface area contributed by atoms with Gasteiger partial charge in [0, 0.05) is 18.1 Å². The van der Waals surface area contributed by atoms with Crippen molar-refractivity contribution >= 4 is 40.8 Å². The van der Waals surface area contributed by atoms with Gasteiger partial charge in [0.25, 0.3) is 0 Å². The van der Waals surface area contributed by atoms with Gasteiger partial charge in [0.15, 0.2) is 0 Å². The summed E-state index contributed by atoms with van der Waals surface area (Å²) in [6, 6.07) is 4.27. The predicted molar refractivity (Wildman–Crippen MR) is 84.7 cm³/mol. The van der Waals surface area contributed by atoms with Crippen LogP contribution in [-0.4, -0.2) is 16.1 Å². The first-order chi connectivity index (χ1) is 10.5. The van der Waals surface area contributed by atoms with E-state index in [4.69, 9.17) is 44.6 Å². The van der Waals surface area contributed by atoms with Gasteiger partial charge in [-0.1, -0.05) is 34.8 Å². The van der Waals surface area contributed by atoms with Crippen molar-refractivity contribution in [3.63, 3.8) is 0 Å². The zero-order valence-corrected chi connectivity index (χ0v) is 13.4. The van der Waals surface area contributed by atoms with Gasteiger partial charge in [-0.3, -0.25) is 4.98 Å². The number of halogens is 3. The fourth-order valence-electron chi connectivity index (χ4n) is 2.04. The molecule has 0 aliphatic heterocycles. The van der Waals surface area contributed by atoms with Gasteiger partial charge in [0.05, 0.1) is 32.5 Å². The lowest BCUT2D eigenvalue weighted by atomic mass is 10.2. The first kappa shape index (κ1) is 15.4. The van der Waals surface area contributed by atoms with Crippen LogP contribution >= 0.6 is 34.8 Å². The number of carboxylic acids is 1. The lowest BCUT2D eigenvalue weighted by molar-refractivity contribution is 0.0697. The second-order valence-electron chi connectivity index (χ2n) is 4.98. The van der Waals surface area contributed by atoms with Crippen molar-refractivity contribution in [2.75, 3.05) is 0 Å². The lowest BCUT2D eigenvalue weighted by Crippen LogP contribution is -1.98. The highest BCUT2D eigenvalue weighted by Crippen LogP contribution is 2.43. The van der Waals surface area contributed by atoms with E-state index in [1.807, 2.05) is 0 Å². The van der Waals surface area contributed by atoms with Crippen LogP contribution in [0, 0.1) is 0 Å². The van der Waals surface area contributed by atoms with Crippen LogP contribution in [0.1, 0.15) is 34.8 Å². The van der Waals surface area contributed by atoms with E-state index in [1.54, 1.807) is 12.3 Å². The van der Waals surface area contributed by atoms with E-state index in [0.717, 1.165) is 18.5 Å². The Morgan fingerprint density at radius 2 is 1.86 bits per heavy atom. The minimum absolute atomic E-state index is 0.0422. The summed E-state index contributed by atoms with van der Waals surface area (Å²) in [6.45, 7) is 0. The van der Waals surface area contributed by atoms with Crippen molar-refractivity contribution in [3.8, 4) is 11.5 Å². The number of carbonyl (C=O) groups is 1. The van der Waals surface area contributed by atoms with Gasteiger partial charge in [-0.25, -0.2) is 4.79 Å². The first-order valence-electron chi connectivity index (χ1n) is 6.51. The van der Waals surface area contributed by atoms with Gasteiger partial charge in [0.1, 0.15) is 11.5 Å². The monoisotopic (exact) mass is 357 g/mol. The zero-order chi connectivity index (χ0) is 15.9. The normalized spacial score (nSPS) is 14.0. The minimum atomic E-state index is -1.16. The standard InChI is InChI=1S/C15H10Cl3NO3/c16-10-5-13(11(17)4-9(10)15(20)21)22-8-3-12(18)14(19-6-8)7-1-2-7/h3-7H,1-2H2,(H,20,21). The molecular formula is C15H10Cl3NO3. The molecule has 0 saturated heterocycles. The molecule has 114 valence electrons. The highest BCUT2D eigenvalue weighted by atomic mass is 35.5. The summed E-state index contributed by atoms with van der Waals surface area (Å²) in [5.74, 6) is -0.0597. The summed E-state index contributed by atoms with van der Waals surface area (Å²) in [5.41, 5.74) is 0.790. The number of hydrogen-bond acceptors (Lipinski definition) is 3. The van der Waals surface area contributed by atoms with Crippen molar-refractivity contribution in [1.29, 1.82) is 0 Å². The number of carboxylic acid groups (broad SMARTS) is 1. The minimum Gasteiger partial charge on any atom is -0.478 e. The molecule has 0 radical (unpaired) electrons. The second-order valence-corrected chi connectivity index (χ2v) is 6.20. The molecule has 0 spiro atoms. The summed E-state index contributed by atoms with van der Waals surface area (Å²) in [6.07, 6.45) is 3.77. The molecule has 1 saturated carbocycles. The topological polar surface area (TPSA) is 59.4 Å². The molecular weight excluding hydrogens is 349 g/mol. The molecule has 1 aromatic heterocycles. The quantitative estimate of drug-likeness (QED) is 0.794. The molecule has 1 aliphatic rings.